The Hall–Kier alpha value is -0.640. The van der Waals surface area contributed by atoms with Crippen LogP contribution in [0.2, 0.25) is 0 Å². The van der Waals surface area contributed by atoms with Crippen LogP contribution in [-0.4, -0.2) is 33.1 Å². The molecule has 0 aromatic carbocycles. The van der Waals surface area contributed by atoms with Crippen molar-refractivity contribution in [2.45, 2.75) is 137 Å². The topological polar surface area (TPSA) is 60.7 Å². The maximum atomic E-state index is 10.6. The molecule has 0 aromatic heterocycles. The highest BCUT2D eigenvalue weighted by Crippen LogP contribution is 2.61. The summed E-state index contributed by atoms with van der Waals surface area (Å²) in [6.07, 6.45) is 16.5. The first-order valence-corrected chi connectivity index (χ1v) is 13.8. The molecule has 0 aliphatic heterocycles. The van der Waals surface area contributed by atoms with Crippen LogP contribution in [0.15, 0.2) is 23.8 Å². The minimum absolute atomic E-state index is 0.234. The Labute approximate surface area is 204 Å². The Morgan fingerprint density at radius 2 is 1.67 bits per heavy atom. The molecule has 3 nitrogen and oxygen atoms in total. The van der Waals surface area contributed by atoms with E-state index in [0.717, 1.165) is 31.3 Å². The Morgan fingerprint density at radius 1 is 1.06 bits per heavy atom. The molecule has 3 heteroatoms. The predicted octanol–water partition coefficient (Wildman–Crippen LogP) is 7.20. The van der Waals surface area contributed by atoms with Gasteiger partial charge in [0.1, 0.15) is 0 Å². The zero-order valence-corrected chi connectivity index (χ0v) is 22.7. The van der Waals surface area contributed by atoms with Crippen molar-refractivity contribution in [3.8, 4) is 0 Å². The van der Waals surface area contributed by atoms with Gasteiger partial charge < -0.3 is 15.3 Å². The van der Waals surface area contributed by atoms with E-state index in [9.17, 15) is 15.3 Å². The summed E-state index contributed by atoms with van der Waals surface area (Å²) in [6.45, 7) is 16.5. The SMILES string of the molecule is CCC(O)(CC)CCCC(C)C[C@@H](C)[C@@]1(C)CC[C@@H](/C=C/C=C2C[C@@H](O)C[C@H](O)C2)C1(C)C. The maximum Gasteiger partial charge on any atom is 0.0642 e. The van der Waals surface area contributed by atoms with Crippen molar-refractivity contribution in [1.29, 1.82) is 0 Å². The van der Waals surface area contributed by atoms with Gasteiger partial charge in [-0.15, -0.1) is 0 Å². The molecular weight excluding hydrogens is 408 g/mol. The van der Waals surface area contributed by atoms with Crippen LogP contribution in [0.1, 0.15) is 119 Å². The standard InChI is InChI=1S/C30H54O3/c1-8-30(33,9-2)16-11-12-22(3)18-23(4)29(7)17-15-25(28(29,5)6)14-10-13-24-19-26(31)21-27(32)20-24/h10,13-14,22-23,25-27,31-33H,8-9,11-12,15-21H2,1-7H3/b14-10+/t22?,23-,25-,26-,27-,29-/m1/s1. The Kier molecular flexibility index (Phi) is 10.3. The van der Waals surface area contributed by atoms with Crippen molar-refractivity contribution in [2.75, 3.05) is 0 Å². The third-order valence-corrected chi connectivity index (χ3v) is 10.1. The molecule has 2 saturated carbocycles. The van der Waals surface area contributed by atoms with E-state index in [1.807, 2.05) is 0 Å². The minimum Gasteiger partial charge on any atom is -0.393 e. The zero-order valence-electron chi connectivity index (χ0n) is 22.7. The lowest BCUT2D eigenvalue weighted by atomic mass is 9.58. The second-order valence-corrected chi connectivity index (χ2v) is 12.5. The van der Waals surface area contributed by atoms with Crippen molar-refractivity contribution in [3.63, 3.8) is 0 Å². The van der Waals surface area contributed by atoms with Crippen molar-refractivity contribution in [3.05, 3.63) is 23.8 Å². The van der Waals surface area contributed by atoms with Gasteiger partial charge in [0.15, 0.2) is 0 Å². The summed E-state index contributed by atoms with van der Waals surface area (Å²) in [5.41, 5.74) is 1.25. The number of rotatable bonds is 11. The molecule has 6 atom stereocenters. The monoisotopic (exact) mass is 462 g/mol. The van der Waals surface area contributed by atoms with Gasteiger partial charge in [0.25, 0.3) is 0 Å². The van der Waals surface area contributed by atoms with E-state index in [1.54, 1.807) is 0 Å². The fraction of sp³-hybridized carbons (Fsp3) is 0.867. The van der Waals surface area contributed by atoms with Gasteiger partial charge in [0, 0.05) is 0 Å². The summed E-state index contributed by atoms with van der Waals surface area (Å²) in [5.74, 6) is 1.91. The van der Waals surface area contributed by atoms with Crippen molar-refractivity contribution in [2.24, 2.45) is 28.6 Å². The smallest absolute Gasteiger partial charge is 0.0642 e. The van der Waals surface area contributed by atoms with Crippen molar-refractivity contribution >= 4 is 0 Å². The van der Waals surface area contributed by atoms with Gasteiger partial charge in [0.05, 0.1) is 17.8 Å². The molecule has 192 valence electrons. The van der Waals surface area contributed by atoms with Gasteiger partial charge in [-0.2, -0.15) is 0 Å². The number of hydrogen-bond donors (Lipinski definition) is 3. The molecule has 2 aliphatic carbocycles. The molecule has 0 spiro atoms. The second kappa shape index (κ2) is 11.9. The third-order valence-electron chi connectivity index (χ3n) is 10.1. The van der Waals surface area contributed by atoms with Gasteiger partial charge in [-0.3, -0.25) is 0 Å². The summed E-state index contributed by atoms with van der Waals surface area (Å²) in [4.78, 5) is 0. The summed E-state index contributed by atoms with van der Waals surface area (Å²) >= 11 is 0. The van der Waals surface area contributed by atoms with Crippen LogP contribution < -0.4 is 0 Å². The van der Waals surface area contributed by atoms with Crippen LogP contribution in [0.25, 0.3) is 0 Å². The third kappa shape index (κ3) is 7.18. The van der Waals surface area contributed by atoms with E-state index in [4.69, 9.17) is 0 Å². The van der Waals surface area contributed by atoms with E-state index in [-0.39, 0.29) is 5.41 Å². The Morgan fingerprint density at radius 3 is 2.24 bits per heavy atom. The molecular formula is C30H54O3. The van der Waals surface area contributed by atoms with Gasteiger partial charge in [-0.05, 0) is 86.4 Å². The Bertz CT molecular complexity index is 647. The molecule has 0 amide bonds. The van der Waals surface area contributed by atoms with Crippen LogP contribution in [0, 0.1) is 28.6 Å². The quantitative estimate of drug-likeness (QED) is 0.304. The molecule has 2 rings (SSSR count). The van der Waals surface area contributed by atoms with E-state index in [0.29, 0.717) is 42.4 Å². The first kappa shape index (κ1) is 28.6. The van der Waals surface area contributed by atoms with Gasteiger partial charge in [0.2, 0.25) is 0 Å². The van der Waals surface area contributed by atoms with E-state index < -0.39 is 17.8 Å². The molecule has 0 aromatic rings. The van der Waals surface area contributed by atoms with Crippen molar-refractivity contribution in [1.82, 2.24) is 0 Å². The highest BCUT2D eigenvalue weighted by molar-refractivity contribution is 5.19. The highest BCUT2D eigenvalue weighted by Gasteiger charge is 2.52. The first-order chi connectivity index (χ1) is 15.4. The molecule has 0 radical (unpaired) electrons. The second-order valence-electron chi connectivity index (χ2n) is 12.5. The maximum absolute atomic E-state index is 10.6. The lowest BCUT2D eigenvalue weighted by Gasteiger charge is -2.46. The number of aliphatic hydroxyl groups is 3. The molecule has 0 heterocycles. The van der Waals surface area contributed by atoms with Crippen LogP contribution >= 0.6 is 0 Å². The molecule has 2 aliphatic rings. The van der Waals surface area contributed by atoms with Crippen LogP contribution in [0.3, 0.4) is 0 Å². The van der Waals surface area contributed by atoms with Crippen LogP contribution in [-0.2, 0) is 0 Å². The van der Waals surface area contributed by atoms with E-state index in [2.05, 4.69) is 66.7 Å². The van der Waals surface area contributed by atoms with E-state index in [1.165, 1.54) is 25.7 Å². The zero-order chi connectivity index (χ0) is 24.9. The summed E-state index contributed by atoms with van der Waals surface area (Å²) in [6, 6.07) is 0. The Balaban J connectivity index is 1.93. The molecule has 3 N–H and O–H groups in total. The summed E-state index contributed by atoms with van der Waals surface area (Å²) < 4.78 is 0. The lowest BCUT2D eigenvalue weighted by molar-refractivity contribution is 0.0174. The largest absolute Gasteiger partial charge is 0.393 e. The fourth-order valence-electron chi connectivity index (χ4n) is 6.78. The fourth-order valence-corrected chi connectivity index (χ4v) is 6.78. The van der Waals surface area contributed by atoms with Gasteiger partial charge >= 0.3 is 0 Å². The number of allylic oxidation sites excluding steroid dienone is 3. The minimum atomic E-state index is -0.465. The number of aliphatic hydroxyl groups excluding tert-OH is 2. The molecule has 2 fully saturated rings. The normalized spacial score (nSPS) is 32.3. The average Bonchev–Trinajstić information content (AvgIpc) is 2.97. The molecule has 0 saturated heterocycles. The van der Waals surface area contributed by atoms with Crippen LogP contribution in [0.4, 0.5) is 0 Å². The lowest BCUT2D eigenvalue weighted by Crippen LogP contribution is -2.39. The van der Waals surface area contributed by atoms with Gasteiger partial charge in [-0.25, -0.2) is 0 Å². The van der Waals surface area contributed by atoms with Crippen molar-refractivity contribution < 1.29 is 15.3 Å². The predicted molar refractivity (Wildman–Crippen MR) is 140 cm³/mol. The molecule has 0 bridgehead atoms. The first-order valence-electron chi connectivity index (χ1n) is 13.8. The van der Waals surface area contributed by atoms with Gasteiger partial charge in [-0.1, -0.05) is 85.1 Å². The molecule has 33 heavy (non-hydrogen) atoms. The highest BCUT2D eigenvalue weighted by atomic mass is 16.3. The molecule has 1 unspecified atom stereocenters. The van der Waals surface area contributed by atoms with Crippen LogP contribution in [0.5, 0.6) is 0 Å². The summed E-state index contributed by atoms with van der Waals surface area (Å²) in [5, 5.41) is 30.4. The number of hydrogen-bond acceptors (Lipinski definition) is 3. The van der Waals surface area contributed by atoms with E-state index >= 15 is 0 Å². The summed E-state index contributed by atoms with van der Waals surface area (Å²) in [7, 11) is 0. The average molecular weight is 463 g/mol.